The van der Waals surface area contributed by atoms with Gasteiger partial charge in [0.25, 0.3) is 6.43 Å². The van der Waals surface area contributed by atoms with Gasteiger partial charge in [0, 0.05) is 18.4 Å². The average molecular weight is 320 g/mol. The number of carbonyl (C=O) groups excluding carboxylic acids is 1. The number of benzene rings is 1. The quantitative estimate of drug-likeness (QED) is 0.907. The van der Waals surface area contributed by atoms with Gasteiger partial charge in [0.1, 0.15) is 11.8 Å². The third-order valence-corrected chi connectivity index (χ3v) is 4.57. The molecule has 1 aliphatic carbocycles. The first-order valence-electron chi connectivity index (χ1n) is 7.86. The third kappa shape index (κ3) is 3.14. The molecule has 1 aliphatic heterocycles. The highest BCUT2D eigenvalue weighted by Gasteiger charge is 2.31. The van der Waals surface area contributed by atoms with E-state index in [2.05, 4.69) is 11.4 Å². The molecular formula is C17H18F2N2O2. The number of carbonyl (C=O) groups is 1. The van der Waals surface area contributed by atoms with Crippen molar-refractivity contribution in [3.63, 3.8) is 0 Å². The first-order valence-corrected chi connectivity index (χ1v) is 7.86. The van der Waals surface area contributed by atoms with Crippen LogP contribution >= 0.6 is 0 Å². The number of aryl methyl sites for hydroxylation is 1. The molecular weight excluding hydrogens is 302 g/mol. The molecule has 6 heteroatoms. The predicted octanol–water partition coefficient (Wildman–Crippen LogP) is 2.68. The first kappa shape index (κ1) is 15.7. The Morgan fingerprint density at radius 1 is 1.48 bits per heavy atom. The molecule has 2 aliphatic rings. The summed E-state index contributed by atoms with van der Waals surface area (Å²) in [5, 5.41) is 11.5. The molecule has 0 spiro atoms. The number of rotatable bonds is 5. The van der Waals surface area contributed by atoms with Crippen LogP contribution < -0.4 is 10.1 Å². The minimum absolute atomic E-state index is 0.241. The molecule has 0 saturated carbocycles. The number of amides is 1. The molecule has 0 radical (unpaired) electrons. The number of nitrogens with zero attached hydrogens (tertiary/aromatic N) is 1. The maximum Gasteiger partial charge on any atom is 0.255 e. The highest BCUT2D eigenvalue weighted by atomic mass is 19.3. The normalized spacial score (nSPS) is 18.3. The number of fused-ring (bicyclic) bond motifs is 3. The number of hydrogen-bond donors (Lipinski definition) is 1. The summed E-state index contributed by atoms with van der Waals surface area (Å²) in [5.74, 6) is 0.603. The fourth-order valence-electron chi connectivity index (χ4n) is 3.61. The molecule has 23 heavy (non-hydrogen) atoms. The van der Waals surface area contributed by atoms with Crippen LogP contribution in [-0.4, -0.2) is 25.5 Å². The molecule has 0 fully saturated rings. The Labute approximate surface area is 133 Å². The second-order valence-electron chi connectivity index (χ2n) is 5.98. The van der Waals surface area contributed by atoms with Crippen molar-refractivity contribution in [1.29, 1.82) is 5.26 Å². The van der Waals surface area contributed by atoms with Crippen LogP contribution in [0.1, 0.15) is 47.4 Å². The van der Waals surface area contributed by atoms with E-state index in [9.17, 15) is 18.8 Å². The number of hydrogen-bond acceptors (Lipinski definition) is 3. The van der Waals surface area contributed by atoms with Crippen LogP contribution in [0.15, 0.2) is 6.07 Å². The largest absolute Gasteiger partial charge is 0.492 e. The molecule has 122 valence electrons. The van der Waals surface area contributed by atoms with Gasteiger partial charge in [-0.2, -0.15) is 5.26 Å². The lowest BCUT2D eigenvalue weighted by molar-refractivity contribution is -0.121. The Kier molecular flexibility index (Phi) is 4.46. The van der Waals surface area contributed by atoms with Crippen LogP contribution in [-0.2, 0) is 17.6 Å². The summed E-state index contributed by atoms with van der Waals surface area (Å²) >= 11 is 0. The van der Waals surface area contributed by atoms with Gasteiger partial charge in [0.2, 0.25) is 5.91 Å². The van der Waals surface area contributed by atoms with Crippen molar-refractivity contribution in [3.8, 4) is 11.8 Å². The van der Waals surface area contributed by atoms with Gasteiger partial charge in [-0.15, -0.1) is 0 Å². The molecule has 0 aromatic heterocycles. The molecule has 1 atom stereocenters. The SMILES string of the molecule is N#Cc1cc2c(c3c1OCC3)C(CCC(=O)NCC(F)F)CC2. The number of nitrogens with one attached hydrogen (secondary N) is 1. The van der Waals surface area contributed by atoms with Crippen LogP contribution in [0.3, 0.4) is 0 Å². The molecule has 0 saturated heterocycles. The van der Waals surface area contributed by atoms with E-state index in [1.54, 1.807) is 0 Å². The minimum atomic E-state index is -2.52. The van der Waals surface area contributed by atoms with Gasteiger partial charge in [-0.25, -0.2) is 8.78 Å². The lowest BCUT2D eigenvalue weighted by Crippen LogP contribution is -2.28. The molecule has 1 aromatic carbocycles. The van der Waals surface area contributed by atoms with Crippen molar-refractivity contribution < 1.29 is 18.3 Å². The van der Waals surface area contributed by atoms with Crippen LogP contribution in [0.5, 0.6) is 5.75 Å². The Morgan fingerprint density at radius 3 is 3.04 bits per heavy atom. The van der Waals surface area contributed by atoms with E-state index in [-0.39, 0.29) is 18.2 Å². The van der Waals surface area contributed by atoms with E-state index >= 15 is 0 Å². The first-order chi connectivity index (χ1) is 11.1. The predicted molar refractivity (Wildman–Crippen MR) is 79.7 cm³/mol. The lowest BCUT2D eigenvalue weighted by Gasteiger charge is -2.15. The van der Waals surface area contributed by atoms with Gasteiger partial charge in [-0.1, -0.05) is 0 Å². The van der Waals surface area contributed by atoms with E-state index in [1.807, 2.05) is 6.07 Å². The van der Waals surface area contributed by atoms with Gasteiger partial charge >= 0.3 is 0 Å². The fourth-order valence-corrected chi connectivity index (χ4v) is 3.61. The molecule has 1 unspecified atom stereocenters. The number of ether oxygens (including phenoxy) is 1. The molecule has 1 heterocycles. The van der Waals surface area contributed by atoms with Gasteiger partial charge in [-0.05, 0) is 42.4 Å². The fraction of sp³-hybridized carbons (Fsp3) is 0.529. The van der Waals surface area contributed by atoms with Crippen LogP contribution in [0, 0.1) is 11.3 Å². The van der Waals surface area contributed by atoms with E-state index in [0.29, 0.717) is 24.3 Å². The lowest BCUT2D eigenvalue weighted by atomic mass is 9.89. The Balaban J connectivity index is 1.71. The zero-order valence-electron chi connectivity index (χ0n) is 12.7. The summed E-state index contributed by atoms with van der Waals surface area (Å²) in [7, 11) is 0. The van der Waals surface area contributed by atoms with Crippen molar-refractivity contribution >= 4 is 5.91 Å². The zero-order valence-corrected chi connectivity index (χ0v) is 12.7. The highest BCUT2D eigenvalue weighted by molar-refractivity contribution is 5.76. The molecule has 1 amide bonds. The Bertz CT molecular complexity index is 668. The second kappa shape index (κ2) is 6.53. The van der Waals surface area contributed by atoms with Gasteiger partial charge in [-0.3, -0.25) is 4.79 Å². The maximum atomic E-state index is 12.1. The van der Waals surface area contributed by atoms with Gasteiger partial charge in [0.15, 0.2) is 0 Å². The van der Waals surface area contributed by atoms with Crippen molar-refractivity contribution in [3.05, 3.63) is 28.3 Å². The zero-order chi connectivity index (χ0) is 16.4. The van der Waals surface area contributed by atoms with E-state index in [1.165, 1.54) is 11.1 Å². The van der Waals surface area contributed by atoms with Crippen molar-refractivity contribution in [2.24, 2.45) is 0 Å². The number of nitriles is 1. The topological polar surface area (TPSA) is 62.1 Å². The number of halogens is 2. The summed E-state index contributed by atoms with van der Waals surface area (Å²) in [6.07, 6.45) is 0.976. The molecule has 1 aromatic rings. The van der Waals surface area contributed by atoms with Crippen molar-refractivity contribution in [2.45, 2.75) is 44.4 Å². The smallest absolute Gasteiger partial charge is 0.255 e. The van der Waals surface area contributed by atoms with Gasteiger partial charge in [0.05, 0.1) is 18.7 Å². The average Bonchev–Trinajstić information content (AvgIpc) is 3.16. The van der Waals surface area contributed by atoms with Crippen LogP contribution in [0.25, 0.3) is 0 Å². The molecule has 3 rings (SSSR count). The maximum absolute atomic E-state index is 12.1. The Hall–Kier alpha value is -2.16. The van der Waals surface area contributed by atoms with E-state index in [4.69, 9.17) is 4.74 Å². The molecule has 4 nitrogen and oxygen atoms in total. The molecule has 0 bridgehead atoms. The minimum Gasteiger partial charge on any atom is -0.492 e. The van der Waals surface area contributed by atoms with E-state index < -0.39 is 13.0 Å². The summed E-state index contributed by atoms with van der Waals surface area (Å²) in [5.41, 5.74) is 4.09. The van der Waals surface area contributed by atoms with Crippen molar-refractivity contribution in [1.82, 2.24) is 5.32 Å². The summed E-state index contributed by atoms with van der Waals surface area (Å²) in [6.45, 7) is -0.00306. The standard InChI is InChI=1S/C17H18F2N2O2/c18-14(19)9-21-15(22)4-3-10-1-2-11-7-12(8-20)17-13(16(10)11)5-6-23-17/h7,10,14H,1-6,9H2,(H,21,22). The Morgan fingerprint density at radius 2 is 2.30 bits per heavy atom. The van der Waals surface area contributed by atoms with Crippen molar-refractivity contribution in [2.75, 3.05) is 13.2 Å². The van der Waals surface area contributed by atoms with Crippen LogP contribution in [0.2, 0.25) is 0 Å². The van der Waals surface area contributed by atoms with Gasteiger partial charge < -0.3 is 10.1 Å². The summed E-state index contributed by atoms with van der Waals surface area (Å²) in [6, 6.07) is 4.09. The highest BCUT2D eigenvalue weighted by Crippen LogP contribution is 2.45. The summed E-state index contributed by atoms with van der Waals surface area (Å²) < 4.78 is 29.8. The second-order valence-corrected chi connectivity index (χ2v) is 5.98. The van der Waals surface area contributed by atoms with E-state index in [0.717, 1.165) is 24.8 Å². The molecule has 1 N–H and O–H groups in total. The van der Waals surface area contributed by atoms with Crippen LogP contribution in [0.4, 0.5) is 8.78 Å². The third-order valence-electron chi connectivity index (χ3n) is 4.57. The number of alkyl halides is 2. The monoisotopic (exact) mass is 320 g/mol. The summed E-state index contributed by atoms with van der Waals surface area (Å²) in [4.78, 5) is 11.6.